The molecular formula is C17H26Cl2N2O5S. The molecule has 0 atom stereocenters. The van der Waals surface area contributed by atoms with E-state index in [0.717, 1.165) is 25.9 Å². The number of piperidine rings is 1. The third-order valence-corrected chi connectivity index (χ3v) is 7.03. The second-order valence-corrected chi connectivity index (χ2v) is 9.48. The minimum atomic E-state index is -2.83. The third kappa shape index (κ3) is 6.50. The van der Waals surface area contributed by atoms with Crippen molar-refractivity contribution in [1.82, 2.24) is 0 Å². The molecule has 7 nitrogen and oxygen atoms in total. The maximum absolute atomic E-state index is 12.4. The minimum absolute atomic E-state index is 0. The fourth-order valence-electron chi connectivity index (χ4n) is 3.90. The number of sulfone groups is 1. The van der Waals surface area contributed by atoms with Gasteiger partial charge in [-0.3, -0.25) is 4.79 Å². The summed E-state index contributed by atoms with van der Waals surface area (Å²) < 4.78 is 23.1. The largest absolute Gasteiger partial charge is 1.00 e. The van der Waals surface area contributed by atoms with Crippen molar-refractivity contribution in [1.29, 1.82) is 0 Å². The van der Waals surface area contributed by atoms with E-state index < -0.39 is 9.84 Å². The Bertz CT molecular complexity index is 717. The van der Waals surface area contributed by atoms with Crippen LogP contribution in [0, 0.1) is 0 Å². The summed E-state index contributed by atoms with van der Waals surface area (Å²) in [5.41, 5.74) is 0.332. The van der Waals surface area contributed by atoms with Crippen molar-refractivity contribution in [2.75, 3.05) is 44.2 Å². The molecule has 0 saturated carbocycles. The van der Waals surface area contributed by atoms with E-state index in [2.05, 4.69) is 0 Å². The summed E-state index contributed by atoms with van der Waals surface area (Å²) in [5, 5.41) is 19.0. The molecule has 27 heavy (non-hydrogen) atoms. The van der Waals surface area contributed by atoms with Gasteiger partial charge in [-0.25, -0.2) is 8.42 Å². The van der Waals surface area contributed by atoms with Crippen LogP contribution in [-0.4, -0.2) is 74.7 Å². The van der Waals surface area contributed by atoms with Gasteiger partial charge in [-0.05, 0) is 12.1 Å². The average Bonchev–Trinajstić information content (AvgIpc) is 2.55. The first kappa shape index (κ1) is 24.0. The van der Waals surface area contributed by atoms with Crippen LogP contribution in [0.3, 0.4) is 0 Å². The van der Waals surface area contributed by atoms with Crippen LogP contribution in [0.1, 0.15) is 23.2 Å². The Hall–Kier alpha value is -1.06. The number of Topliss-reactive ketones (excluding diaryl/α,β-unsaturated/α-hetero) is 1. The summed E-state index contributed by atoms with van der Waals surface area (Å²) in [7, 11) is -2.83. The lowest BCUT2D eigenvalue weighted by Crippen LogP contribution is -3.22. The zero-order chi connectivity index (χ0) is 18.0. The molecule has 4 N–H and O–H groups in total. The molecule has 3 rings (SSSR count). The summed E-state index contributed by atoms with van der Waals surface area (Å²) >= 11 is 0. The molecule has 0 aromatic heterocycles. The number of likely N-dealkylation sites (tertiary alicyclic amines) is 1. The number of phenolic OH excluding ortho intramolecular Hbond substituents is 2. The van der Waals surface area contributed by atoms with E-state index in [9.17, 15) is 23.4 Å². The predicted octanol–water partition coefficient (Wildman–Crippen LogP) is -8.35. The van der Waals surface area contributed by atoms with Gasteiger partial charge in [0, 0.05) is 24.5 Å². The van der Waals surface area contributed by atoms with Gasteiger partial charge in [0.25, 0.3) is 0 Å². The normalized spacial score (nSPS) is 25.0. The van der Waals surface area contributed by atoms with Crippen molar-refractivity contribution in [3.63, 3.8) is 0 Å². The molecule has 1 aromatic carbocycles. The molecule has 2 aliphatic heterocycles. The van der Waals surface area contributed by atoms with E-state index in [1.807, 2.05) is 0 Å². The number of phenols is 2. The van der Waals surface area contributed by atoms with E-state index in [1.54, 1.807) is 0 Å². The molecule has 1 aromatic rings. The second-order valence-electron chi connectivity index (χ2n) is 7.17. The molecule has 2 fully saturated rings. The van der Waals surface area contributed by atoms with Gasteiger partial charge in [0.1, 0.15) is 18.0 Å². The second kappa shape index (κ2) is 9.93. The Morgan fingerprint density at radius 1 is 0.963 bits per heavy atom. The zero-order valence-electron chi connectivity index (χ0n) is 15.0. The van der Waals surface area contributed by atoms with Crippen LogP contribution < -0.4 is 34.6 Å². The highest BCUT2D eigenvalue weighted by Crippen LogP contribution is 2.20. The van der Waals surface area contributed by atoms with Crippen LogP contribution in [0.4, 0.5) is 0 Å². The fraction of sp³-hybridized carbons (Fsp3) is 0.588. The van der Waals surface area contributed by atoms with Gasteiger partial charge in [-0.15, -0.1) is 0 Å². The minimum Gasteiger partial charge on any atom is -1.00 e. The highest BCUT2D eigenvalue weighted by Gasteiger charge is 2.34. The smallest absolute Gasteiger partial charge is 0.217 e. The van der Waals surface area contributed by atoms with Crippen LogP contribution in [0.5, 0.6) is 11.5 Å². The van der Waals surface area contributed by atoms with E-state index in [4.69, 9.17) is 0 Å². The molecule has 0 bridgehead atoms. The summed E-state index contributed by atoms with van der Waals surface area (Å²) in [6, 6.07) is 4.45. The molecule has 0 amide bonds. The predicted molar refractivity (Wildman–Crippen MR) is 92.0 cm³/mol. The Kier molecular flexibility index (Phi) is 8.82. The van der Waals surface area contributed by atoms with Gasteiger partial charge in [0.15, 0.2) is 9.84 Å². The maximum atomic E-state index is 12.4. The molecule has 0 unspecified atom stereocenters. The van der Waals surface area contributed by atoms with Crippen molar-refractivity contribution >= 4 is 15.6 Å². The van der Waals surface area contributed by atoms with Crippen LogP contribution in [0.2, 0.25) is 0 Å². The number of quaternary nitrogens is 2. The molecule has 2 heterocycles. The number of aromatic hydroxyl groups is 2. The number of hydrogen-bond acceptors (Lipinski definition) is 5. The number of carbonyl (C=O) groups excluding carboxylic acids is 1. The molecule has 2 saturated heterocycles. The lowest BCUT2D eigenvalue weighted by molar-refractivity contribution is -0.953. The van der Waals surface area contributed by atoms with Crippen LogP contribution in [-0.2, 0) is 9.84 Å². The van der Waals surface area contributed by atoms with E-state index >= 15 is 0 Å². The van der Waals surface area contributed by atoms with Crippen molar-refractivity contribution in [2.24, 2.45) is 0 Å². The number of ketones is 1. The summed E-state index contributed by atoms with van der Waals surface area (Å²) in [5.74, 6) is 0.265. The maximum Gasteiger partial charge on any atom is 0.217 e. The molecular weight excluding hydrogens is 415 g/mol. The number of carbonyl (C=O) groups is 1. The van der Waals surface area contributed by atoms with E-state index in [0.29, 0.717) is 31.2 Å². The standard InChI is InChI=1S/C17H24N2O5S.2ClH/c20-15-9-13(10-16(21)11-15)17(22)12-18-3-1-14(2-4-18)19-5-7-25(23,24)8-6-19;;/h9-11,14,20-21H,1-8,12H2;2*1H. The highest BCUT2D eigenvalue weighted by atomic mass is 35.5. The first-order valence-electron chi connectivity index (χ1n) is 8.77. The van der Waals surface area contributed by atoms with Crippen LogP contribution in [0.15, 0.2) is 18.2 Å². The molecule has 0 spiro atoms. The average molecular weight is 441 g/mol. The summed E-state index contributed by atoms with van der Waals surface area (Å²) in [6.07, 6.45) is 1.98. The number of hydrogen-bond donors (Lipinski definition) is 4. The molecule has 10 heteroatoms. The van der Waals surface area contributed by atoms with Gasteiger partial charge < -0.3 is 44.8 Å². The van der Waals surface area contributed by atoms with Crippen molar-refractivity contribution < 1.29 is 58.0 Å². The van der Waals surface area contributed by atoms with Crippen molar-refractivity contribution in [3.8, 4) is 11.5 Å². The summed E-state index contributed by atoms with van der Waals surface area (Å²) in [4.78, 5) is 14.9. The Morgan fingerprint density at radius 2 is 1.48 bits per heavy atom. The Morgan fingerprint density at radius 3 is 2.00 bits per heavy atom. The number of nitrogens with one attached hydrogen (secondary N) is 2. The molecule has 0 aliphatic carbocycles. The first-order valence-corrected chi connectivity index (χ1v) is 10.6. The van der Waals surface area contributed by atoms with Gasteiger partial charge in [0.2, 0.25) is 5.78 Å². The van der Waals surface area contributed by atoms with Gasteiger partial charge in [-0.1, -0.05) is 0 Å². The lowest BCUT2D eigenvalue weighted by Gasteiger charge is -2.35. The van der Waals surface area contributed by atoms with Crippen molar-refractivity contribution in [3.05, 3.63) is 23.8 Å². The first-order chi connectivity index (χ1) is 11.8. The van der Waals surface area contributed by atoms with Gasteiger partial charge in [0.05, 0.1) is 43.7 Å². The number of benzene rings is 1. The van der Waals surface area contributed by atoms with Crippen molar-refractivity contribution in [2.45, 2.75) is 18.9 Å². The monoisotopic (exact) mass is 440 g/mol. The highest BCUT2D eigenvalue weighted by molar-refractivity contribution is 7.91. The van der Waals surface area contributed by atoms with E-state index in [-0.39, 0.29) is 53.6 Å². The Balaban J connectivity index is 0.00000182. The SMILES string of the molecule is O=C(C[NH+]1CCC([NH+]2CCS(=O)(=O)CC2)CC1)c1cc(O)cc(O)c1.[Cl-].[Cl-]. The lowest BCUT2D eigenvalue weighted by atomic mass is 10.0. The Labute approximate surface area is 172 Å². The molecule has 2 aliphatic rings. The molecule has 154 valence electrons. The quantitative estimate of drug-likeness (QED) is 0.348. The number of halogens is 2. The van der Waals surface area contributed by atoms with Gasteiger partial charge in [-0.2, -0.15) is 0 Å². The third-order valence-electron chi connectivity index (χ3n) is 5.37. The fourth-order valence-corrected chi connectivity index (χ4v) is 5.26. The van der Waals surface area contributed by atoms with Crippen LogP contribution in [0.25, 0.3) is 0 Å². The summed E-state index contributed by atoms with van der Waals surface area (Å²) in [6.45, 7) is 3.52. The zero-order valence-corrected chi connectivity index (χ0v) is 17.3. The van der Waals surface area contributed by atoms with Crippen LogP contribution >= 0.6 is 0 Å². The van der Waals surface area contributed by atoms with Gasteiger partial charge >= 0.3 is 0 Å². The van der Waals surface area contributed by atoms with E-state index in [1.165, 1.54) is 28.0 Å². The molecule has 0 radical (unpaired) electrons. The topological polar surface area (TPSA) is 101 Å². The number of rotatable bonds is 4.